The van der Waals surface area contributed by atoms with Crippen molar-refractivity contribution >= 4 is 29.7 Å². The highest BCUT2D eigenvalue weighted by atomic mass is 16.4. The molecule has 0 radical (unpaired) electrons. The average molecular weight is 416 g/mol. The molecule has 0 spiro atoms. The number of hydrogen-bond donors (Lipinski definition) is 8. The number of aliphatic carboxylic acids is 1. The van der Waals surface area contributed by atoms with Crippen LogP contribution in [0.3, 0.4) is 0 Å². The molecule has 0 unspecified atom stereocenters. The molecule has 0 aliphatic carbocycles. The third-order valence-corrected chi connectivity index (χ3v) is 3.79. The number of carboxylic acids is 1. The van der Waals surface area contributed by atoms with Crippen LogP contribution in [0.4, 0.5) is 0 Å². The van der Waals surface area contributed by atoms with Crippen LogP contribution in [0.15, 0.2) is 4.99 Å². The monoisotopic (exact) mass is 416 g/mol. The fourth-order valence-corrected chi connectivity index (χ4v) is 2.31. The molecule has 0 aromatic rings. The van der Waals surface area contributed by atoms with E-state index < -0.39 is 42.3 Å². The van der Waals surface area contributed by atoms with Crippen LogP contribution in [-0.4, -0.2) is 73.0 Å². The molecular formula is C16H32N8O5. The van der Waals surface area contributed by atoms with Crippen LogP contribution < -0.4 is 38.9 Å². The van der Waals surface area contributed by atoms with Gasteiger partial charge in [0.25, 0.3) is 0 Å². The summed E-state index contributed by atoms with van der Waals surface area (Å²) in [7, 11) is 0. The number of carboxylic acid groups (broad SMARTS) is 1. The summed E-state index contributed by atoms with van der Waals surface area (Å²) in [5.41, 5.74) is 21.0. The smallest absolute Gasteiger partial charge is 0.326 e. The molecule has 0 rings (SSSR count). The number of nitrogens with zero attached hydrogens (tertiary/aromatic N) is 1. The molecule has 0 aliphatic rings. The van der Waals surface area contributed by atoms with Crippen LogP contribution in [0.1, 0.15) is 32.1 Å². The fourth-order valence-electron chi connectivity index (χ4n) is 2.31. The van der Waals surface area contributed by atoms with Crippen LogP contribution in [0.5, 0.6) is 0 Å². The minimum Gasteiger partial charge on any atom is -0.480 e. The second-order valence-corrected chi connectivity index (χ2v) is 6.23. The van der Waals surface area contributed by atoms with Crippen molar-refractivity contribution in [2.24, 2.45) is 27.9 Å². The SMILES string of the molecule is NCCCC[C@H](NC(=O)CN)C(=O)NCC(=O)N[C@@H](CCCN=C(N)N)C(=O)O. The Morgan fingerprint density at radius 3 is 2.07 bits per heavy atom. The fraction of sp³-hybridized carbons (Fsp3) is 0.688. The first-order valence-corrected chi connectivity index (χ1v) is 9.26. The Morgan fingerprint density at radius 1 is 0.897 bits per heavy atom. The van der Waals surface area contributed by atoms with Gasteiger partial charge in [0.2, 0.25) is 17.7 Å². The van der Waals surface area contributed by atoms with E-state index in [0.29, 0.717) is 32.2 Å². The third-order valence-electron chi connectivity index (χ3n) is 3.79. The van der Waals surface area contributed by atoms with Gasteiger partial charge < -0.3 is 44.0 Å². The van der Waals surface area contributed by atoms with E-state index in [2.05, 4.69) is 20.9 Å². The molecule has 0 fully saturated rings. The van der Waals surface area contributed by atoms with Crippen LogP contribution in [0.2, 0.25) is 0 Å². The molecule has 0 aliphatic heterocycles. The van der Waals surface area contributed by atoms with Crippen LogP contribution in [-0.2, 0) is 19.2 Å². The number of carbonyl (C=O) groups excluding carboxylic acids is 3. The zero-order valence-electron chi connectivity index (χ0n) is 16.4. The summed E-state index contributed by atoms with van der Waals surface area (Å²) in [4.78, 5) is 50.7. The number of aliphatic imine (C=N–C) groups is 1. The summed E-state index contributed by atoms with van der Waals surface area (Å²) in [5.74, 6) is -3.08. The van der Waals surface area contributed by atoms with E-state index in [1.165, 1.54) is 0 Å². The van der Waals surface area contributed by atoms with Gasteiger partial charge in [-0.3, -0.25) is 19.4 Å². The molecular weight excluding hydrogens is 384 g/mol. The number of amides is 3. The molecule has 13 heteroatoms. The van der Waals surface area contributed by atoms with Gasteiger partial charge in [-0.15, -0.1) is 0 Å². The summed E-state index contributed by atoms with van der Waals surface area (Å²) in [5, 5.41) is 16.4. The predicted molar refractivity (Wildman–Crippen MR) is 106 cm³/mol. The first kappa shape index (κ1) is 26.1. The summed E-state index contributed by atoms with van der Waals surface area (Å²) in [6.45, 7) is -0.0465. The van der Waals surface area contributed by atoms with E-state index in [-0.39, 0.29) is 25.5 Å². The maximum Gasteiger partial charge on any atom is 0.326 e. The number of nitrogens with one attached hydrogen (secondary N) is 3. The zero-order valence-corrected chi connectivity index (χ0v) is 16.4. The van der Waals surface area contributed by atoms with E-state index in [4.69, 9.17) is 22.9 Å². The van der Waals surface area contributed by atoms with Gasteiger partial charge in [-0.2, -0.15) is 0 Å². The Hall–Kier alpha value is -2.93. The van der Waals surface area contributed by atoms with Crippen molar-refractivity contribution in [1.82, 2.24) is 16.0 Å². The summed E-state index contributed by atoms with van der Waals surface area (Å²) in [6.07, 6.45) is 2.06. The van der Waals surface area contributed by atoms with Crippen molar-refractivity contribution in [3.05, 3.63) is 0 Å². The largest absolute Gasteiger partial charge is 0.480 e. The molecule has 0 aromatic heterocycles. The highest BCUT2D eigenvalue weighted by Crippen LogP contribution is 2.01. The molecule has 0 bridgehead atoms. The van der Waals surface area contributed by atoms with Gasteiger partial charge in [0.15, 0.2) is 5.96 Å². The maximum atomic E-state index is 12.3. The lowest BCUT2D eigenvalue weighted by Gasteiger charge is -2.19. The van der Waals surface area contributed by atoms with Gasteiger partial charge >= 0.3 is 5.97 Å². The van der Waals surface area contributed by atoms with Crippen molar-refractivity contribution in [1.29, 1.82) is 0 Å². The van der Waals surface area contributed by atoms with Gasteiger partial charge in [-0.05, 0) is 38.6 Å². The Bertz CT molecular complexity index is 580. The second kappa shape index (κ2) is 15.0. The number of rotatable bonds is 15. The van der Waals surface area contributed by atoms with Gasteiger partial charge in [0.05, 0.1) is 13.1 Å². The molecule has 0 saturated carbocycles. The Kier molecular flexibility index (Phi) is 13.5. The molecule has 2 atom stereocenters. The Morgan fingerprint density at radius 2 is 1.52 bits per heavy atom. The Balaban J connectivity index is 4.58. The van der Waals surface area contributed by atoms with E-state index in [0.717, 1.165) is 0 Å². The van der Waals surface area contributed by atoms with Crippen molar-refractivity contribution in [3.63, 3.8) is 0 Å². The molecule has 0 heterocycles. The molecule has 12 N–H and O–H groups in total. The topological polar surface area (TPSA) is 241 Å². The number of guanidine groups is 1. The van der Waals surface area contributed by atoms with Gasteiger partial charge in [-0.1, -0.05) is 0 Å². The minimum atomic E-state index is -1.22. The first-order valence-electron chi connectivity index (χ1n) is 9.26. The van der Waals surface area contributed by atoms with E-state index in [9.17, 15) is 24.3 Å². The van der Waals surface area contributed by atoms with Crippen molar-refractivity contribution in [2.45, 2.75) is 44.2 Å². The standard InChI is InChI=1S/C16H32N8O5/c17-6-2-1-4-10(23-12(25)8-18)14(27)22-9-13(26)24-11(15(28)29)5-3-7-21-16(19)20/h10-11H,1-9,17-18H2,(H,22,27)(H,23,25)(H,24,26)(H,28,29)(H4,19,20,21)/t10-,11-/m0/s1. The molecule has 13 nitrogen and oxygen atoms in total. The number of carbonyl (C=O) groups is 4. The van der Waals surface area contributed by atoms with E-state index in [1.807, 2.05) is 0 Å². The number of hydrogen-bond acceptors (Lipinski definition) is 7. The second-order valence-electron chi connectivity index (χ2n) is 6.23. The maximum absolute atomic E-state index is 12.3. The molecule has 166 valence electrons. The predicted octanol–water partition coefficient (Wildman–Crippen LogP) is -3.70. The molecule has 29 heavy (non-hydrogen) atoms. The van der Waals surface area contributed by atoms with E-state index in [1.54, 1.807) is 0 Å². The molecule has 3 amide bonds. The molecule has 0 saturated heterocycles. The first-order chi connectivity index (χ1) is 13.7. The van der Waals surface area contributed by atoms with Crippen molar-refractivity contribution in [2.75, 3.05) is 26.2 Å². The highest BCUT2D eigenvalue weighted by Gasteiger charge is 2.22. The lowest BCUT2D eigenvalue weighted by Crippen LogP contribution is -2.51. The zero-order chi connectivity index (χ0) is 22.2. The summed E-state index contributed by atoms with van der Waals surface area (Å²) in [6, 6.07) is -2.01. The minimum absolute atomic E-state index is 0.105. The summed E-state index contributed by atoms with van der Waals surface area (Å²) < 4.78 is 0. The average Bonchev–Trinajstić information content (AvgIpc) is 2.67. The quantitative estimate of drug-likeness (QED) is 0.0742. The lowest BCUT2D eigenvalue weighted by atomic mass is 10.1. The normalized spacial score (nSPS) is 12.3. The Labute approximate surface area is 169 Å². The van der Waals surface area contributed by atoms with Gasteiger partial charge in [0, 0.05) is 6.54 Å². The number of nitrogens with two attached hydrogens (primary N) is 4. The van der Waals surface area contributed by atoms with Crippen molar-refractivity contribution < 1.29 is 24.3 Å². The highest BCUT2D eigenvalue weighted by molar-refractivity contribution is 5.91. The van der Waals surface area contributed by atoms with Gasteiger partial charge in [-0.25, -0.2) is 4.79 Å². The number of unbranched alkanes of at least 4 members (excludes halogenated alkanes) is 1. The third kappa shape index (κ3) is 13.0. The molecule has 0 aromatic carbocycles. The van der Waals surface area contributed by atoms with Crippen molar-refractivity contribution in [3.8, 4) is 0 Å². The van der Waals surface area contributed by atoms with Crippen LogP contribution >= 0.6 is 0 Å². The van der Waals surface area contributed by atoms with Gasteiger partial charge in [0.1, 0.15) is 12.1 Å². The van der Waals surface area contributed by atoms with Crippen LogP contribution in [0, 0.1) is 0 Å². The summed E-state index contributed by atoms with van der Waals surface area (Å²) >= 11 is 0. The van der Waals surface area contributed by atoms with Crippen LogP contribution in [0.25, 0.3) is 0 Å². The van der Waals surface area contributed by atoms with E-state index >= 15 is 0 Å². The lowest BCUT2D eigenvalue weighted by molar-refractivity contribution is -0.142.